The highest BCUT2D eigenvalue weighted by atomic mass is 16.5. The number of hydrogen-bond donors (Lipinski definition) is 1. The van der Waals surface area contributed by atoms with Crippen LogP contribution in [0.2, 0.25) is 0 Å². The maximum Gasteiger partial charge on any atom is 0.276 e. The SMILES string of the molecule is CCC(CC)n1nc(C)cc1-c1nc(CC(=O)Nc2ccccc2)no1. The van der Waals surface area contributed by atoms with E-state index in [9.17, 15) is 4.79 Å². The number of benzene rings is 1. The summed E-state index contributed by atoms with van der Waals surface area (Å²) >= 11 is 0. The largest absolute Gasteiger partial charge is 0.332 e. The molecule has 0 saturated heterocycles. The summed E-state index contributed by atoms with van der Waals surface area (Å²) in [6, 6.07) is 11.5. The Balaban J connectivity index is 1.75. The van der Waals surface area contributed by atoms with Gasteiger partial charge in [0.25, 0.3) is 5.89 Å². The Kier molecular flexibility index (Phi) is 5.46. The molecule has 136 valence electrons. The highest BCUT2D eigenvalue weighted by Gasteiger charge is 2.20. The van der Waals surface area contributed by atoms with Crippen LogP contribution in [0.5, 0.6) is 0 Å². The van der Waals surface area contributed by atoms with Crippen molar-refractivity contribution in [2.45, 2.75) is 46.1 Å². The number of carbonyl (C=O) groups is 1. The molecule has 2 heterocycles. The quantitative estimate of drug-likeness (QED) is 0.698. The molecule has 3 rings (SSSR count). The van der Waals surface area contributed by atoms with Crippen molar-refractivity contribution >= 4 is 11.6 Å². The molecule has 7 heteroatoms. The molecule has 2 aromatic heterocycles. The average Bonchev–Trinajstić information content (AvgIpc) is 3.23. The summed E-state index contributed by atoms with van der Waals surface area (Å²) in [5, 5.41) is 11.3. The molecule has 0 spiro atoms. The highest BCUT2D eigenvalue weighted by Crippen LogP contribution is 2.25. The molecule has 0 bridgehead atoms. The number of aryl methyl sites for hydroxylation is 1. The predicted octanol–water partition coefficient (Wildman–Crippen LogP) is 3.78. The van der Waals surface area contributed by atoms with Crippen molar-refractivity contribution in [3.8, 4) is 11.6 Å². The summed E-state index contributed by atoms with van der Waals surface area (Å²) < 4.78 is 7.33. The van der Waals surface area contributed by atoms with Crippen LogP contribution < -0.4 is 5.32 Å². The van der Waals surface area contributed by atoms with Crippen molar-refractivity contribution in [3.63, 3.8) is 0 Å². The van der Waals surface area contributed by atoms with Gasteiger partial charge < -0.3 is 9.84 Å². The molecular weight excluding hydrogens is 330 g/mol. The number of carbonyl (C=O) groups excluding carboxylic acids is 1. The Hall–Kier alpha value is -2.96. The molecule has 0 unspecified atom stereocenters. The molecule has 1 amide bonds. The van der Waals surface area contributed by atoms with Gasteiger partial charge >= 0.3 is 0 Å². The van der Waals surface area contributed by atoms with Crippen molar-refractivity contribution in [2.24, 2.45) is 0 Å². The number of amides is 1. The van der Waals surface area contributed by atoms with Crippen LogP contribution >= 0.6 is 0 Å². The van der Waals surface area contributed by atoms with E-state index in [-0.39, 0.29) is 18.4 Å². The number of nitrogens with one attached hydrogen (secondary N) is 1. The standard InChI is InChI=1S/C19H23N5O2/c1-4-15(5-2)24-16(11-13(3)22-24)19-21-17(23-26-19)12-18(25)20-14-9-7-6-8-10-14/h6-11,15H,4-5,12H2,1-3H3,(H,20,25). The van der Waals surface area contributed by atoms with Gasteiger partial charge in [0, 0.05) is 5.69 Å². The van der Waals surface area contributed by atoms with Crippen LogP contribution in [-0.2, 0) is 11.2 Å². The molecule has 1 aromatic carbocycles. The van der Waals surface area contributed by atoms with E-state index in [1.807, 2.05) is 48.0 Å². The van der Waals surface area contributed by atoms with Crippen LogP contribution in [0.25, 0.3) is 11.6 Å². The van der Waals surface area contributed by atoms with Gasteiger partial charge in [-0.2, -0.15) is 10.1 Å². The van der Waals surface area contributed by atoms with Crippen molar-refractivity contribution < 1.29 is 9.32 Å². The van der Waals surface area contributed by atoms with Gasteiger partial charge in [0.1, 0.15) is 5.69 Å². The second kappa shape index (κ2) is 7.95. The summed E-state index contributed by atoms with van der Waals surface area (Å²) in [6.45, 7) is 6.19. The van der Waals surface area contributed by atoms with Gasteiger partial charge in [-0.25, -0.2) is 0 Å². The summed E-state index contributed by atoms with van der Waals surface area (Å²) in [5.74, 6) is 0.552. The number of para-hydroxylation sites is 1. The number of nitrogens with zero attached hydrogens (tertiary/aromatic N) is 4. The van der Waals surface area contributed by atoms with E-state index in [1.54, 1.807) is 0 Å². The predicted molar refractivity (Wildman–Crippen MR) is 98.7 cm³/mol. The van der Waals surface area contributed by atoms with Gasteiger partial charge in [0.15, 0.2) is 5.82 Å². The second-order valence-electron chi connectivity index (χ2n) is 6.19. The highest BCUT2D eigenvalue weighted by molar-refractivity contribution is 5.91. The Bertz CT molecular complexity index is 865. The lowest BCUT2D eigenvalue weighted by atomic mass is 10.2. The van der Waals surface area contributed by atoms with Gasteiger partial charge in [0.05, 0.1) is 18.2 Å². The normalized spacial score (nSPS) is 11.1. The Morgan fingerprint density at radius 1 is 1.23 bits per heavy atom. The van der Waals surface area contributed by atoms with Gasteiger partial charge in [-0.3, -0.25) is 9.48 Å². The van der Waals surface area contributed by atoms with Gasteiger partial charge in [0.2, 0.25) is 5.91 Å². The smallest absolute Gasteiger partial charge is 0.276 e. The molecule has 7 nitrogen and oxygen atoms in total. The molecule has 1 N–H and O–H groups in total. The van der Waals surface area contributed by atoms with E-state index in [0.717, 1.165) is 29.9 Å². The van der Waals surface area contributed by atoms with Gasteiger partial charge in [-0.1, -0.05) is 37.2 Å². The minimum atomic E-state index is -0.187. The fourth-order valence-electron chi connectivity index (χ4n) is 2.89. The first kappa shape index (κ1) is 17.8. The van der Waals surface area contributed by atoms with Crippen molar-refractivity contribution in [2.75, 3.05) is 5.32 Å². The van der Waals surface area contributed by atoms with Crippen molar-refractivity contribution in [1.29, 1.82) is 0 Å². The monoisotopic (exact) mass is 353 g/mol. The fraction of sp³-hybridized carbons (Fsp3) is 0.368. The Morgan fingerprint density at radius 3 is 2.65 bits per heavy atom. The molecule has 0 saturated carbocycles. The molecule has 0 aliphatic carbocycles. The zero-order valence-electron chi connectivity index (χ0n) is 15.3. The van der Waals surface area contributed by atoms with Crippen LogP contribution in [0.3, 0.4) is 0 Å². The number of aromatic nitrogens is 4. The van der Waals surface area contributed by atoms with Crippen LogP contribution in [0.15, 0.2) is 40.9 Å². The van der Waals surface area contributed by atoms with E-state index in [0.29, 0.717) is 11.7 Å². The molecule has 3 aromatic rings. The second-order valence-corrected chi connectivity index (χ2v) is 6.19. The van der Waals surface area contributed by atoms with E-state index in [4.69, 9.17) is 4.52 Å². The molecular formula is C19H23N5O2. The van der Waals surface area contributed by atoms with Crippen molar-refractivity contribution in [1.82, 2.24) is 19.9 Å². The molecule has 0 aliphatic heterocycles. The van der Waals surface area contributed by atoms with Crippen LogP contribution in [0, 0.1) is 6.92 Å². The van der Waals surface area contributed by atoms with Gasteiger partial charge in [-0.15, -0.1) is 0 Å². The maximum absolute atomic E-state index is 12.1. The Labute approximate surface area is 152 Å². The Morgan fingerprint density at radius 2 is 1.96 bits per heavy atom. The first-order valence-electron chi connectivity index (χ1n) is 8.84. The summed E-state index contributed by atoms with van der Waals surface area (Å²) in [6.07, 6.45) is 1.98. The third-order valence-corrected chi connectivity index (χ3v) is 4.21. The minimum Gasteiger partial charge on any atom is -0.332 e. The van der Waals surface area contributed by atoms with Crippen LogP contribution in [0.4, 0.5) is 5.69 Å². The lowest BCUT2D eigenvalue weighted by molar-refractivity contribution is -0.115. The average molecular weight is 353 g/mol. The molecule has 26 heavy (non-hydrogen) atoms. The molecule has 0 fully saturated rings. The van der Waals surface area contributed by atoms with Gasteiger partial charge in [-0.05, 0) is 38.0 Å². The minimum absolute atomic E-state index is 0.0521. The lowest BCUT2D eigenvalue weighted by Gasteiger charge is -2.14. The lowest BCUT2D eigenvalue weighted by Crippen LogP contribution is -2.15. The molecule has 0 radical (unpaired) electrons. The molecule has 0 atom stereocenters. The zero-order chi connectivity index (χ0) is 18.5. The van der Waals surface area contributed by atoms with Crippen molar-refractivity contribution in [3.05, 3.63) is 47.9 Å². The topological polar surface area (TPSA) is 85.8 Å². The van der Waals surface area contributed by atoms with E-state index < -0.39 is 0 Å². The summed E-state index contributed by atoms with van der Waals surface area (Å²) in [5.41, 5.74) is 2.43. The number of anilines is 1. The summed E-state index contributed by atoms with van der Waals surface area (Å²) in [7, 11) is 0. The third-order valence-electron chi connectivity index (χ3n) is 4.21. The van der Waals surface area contributed by atoms with Crippen LogP contribution in [0.1, 0.15) is 44.2 Å². The summed E-state index contributed by atoms with van der Waals surface area (Å²) in [4.78, 5) is 16.5. The van der Waals surface area contributed by atoms with Crippen LogP contribution in [-0.4, -0.2) is 25.8 Å². The number of hydrogen-bond acceptors (Lipinski definition) is 5. The van der Waals surface area contributed by atoms with E-state index in [1.165, 1.54) is 0 Å². The number of rotatable bonds is 7. The van der Waals surface area contributed by atoms with E-state index in [2.05, 4.69) is 34.4 Å². The fourth-order valence-corrected chi connectivity index (χ4v) is 2.89. The first-order chi connectivity index (χ1) is 12.6. The maximum atomic E-state index is 12.1. The van der Waals surface area contributed by atoms with E-state index >= 15 is 0 Å². The third kappa shape index (κ3) is 3.99. The zero-order valence-corrected chi connectivity index (χ0v) is 15.3. The molecule has 0 aliphatic rings. The first-order valence-corrected chi connectivity index (χ1v) is 8.84.